The van der Waals surface area contributed by atoms with Crippen LogP contribution in [0.2, 0.25) is 0 Å². The Morgan fingerprint density at radius 1 is 1.47 bits per heavy atom. The van der Waals surface area contributed by atoms with Gasteiger partial charge in [-0.25, -0.2) is 4.39 Å². The zero-order valence-electron chi connectivity index (χ0n) is 10.3. The zero-order chi connectivity index (χ0) is 12.3. The third-order valence-corrected chi connectivity index (χ3v) is 3.52. The molecule has 0 aromatic heterocycles. The van der Waals surface area contributed by atoms with Crippen LogP contribution in [0.15, 0.2) is 36.9 Å². The van der Waals surface area contributed by atoms with Crippen molar-refractivity contribution >= 4 is 0 Å². The fourth-order valence-corrected chi connectivity index (χ4v) is 2.73. The molecule has 0 aliphatic carbocycles. The number of halogens is 1. The van der Waals surface area contributed by atoms with Gasteiger partial charge in [0.25, 0.3) is 0 Å². The molecule has 2 rings (SSSR count). The molecule has 0 spiro atoms. The van der Waals surface area contributed by atoms with Gasteiger partial charge < -0.3 is 0 Å². The Kier molecular flexibility index (Phi) is 3.95. The molecule has 1 aromatic rings. The number of nitrogens with zero attached hydrogens (tertiary/aromatic N) is 1. The number of rotatable bonds is 4. The van der Waals surface area contributed by atoms with E-state index in [1.54, 1.807) is 12.1 Å². The average Bonchev–Trinajstić information content (AvgIpc) is 2.72. The lowest BCUT2D eigenvalue weighted by atomic mass is 10.0. The molecule has 0 unspecified atom stereocenters. The van der Waals surface area contributed by atoms with Crippen LogP contribution in [0, 0.1) is 12.2 Å². The van der Waals surface area contributed by atoms with Crippen LogP contribution in [0.1, 0.15) is 31.4 Å². The van der Waals surface area contributed by atoms with Crippen LogP contribution >= 0.6 is 0 Å². The smallest absolute Gasteiger partial charge is 0.123 e. The quantitative estimate of drug-likeness (QED) is 0.715. The number of hydrogen-bond donors (Lipinski definition) is 0. The Morgan fingerprint density at radius 3 is 2.94 bits per heavy atom. The summed E-state index contributed by atoms with van der Waals surface area (Å²) >= 11 is 0. The van der Waals surface area contributed by atoms with E-state index < -0.39 is 0 Å². The highest BCUT2D eigenvalue weighted by Crippen LogP contribution is 2.36. The molecule has 0 amide bonds. The van der Waals surface area contributed by atoms with Crippen LogP contribution in [0.4, 0.5) is 4.39 Å². The molecule has 1 aliphatic rings. The molecule has 1 fully saturated rings. The van der Waals surface area contributed by atoms with Crippen molar-refractivity contribution in [2.75, 3.05) is 6.54 Å². The van der Waals surface area contributed by atoms with Crippen LogP contribution in [-0.2, 0) is 0 Å². The van der Waals surface area contributed by atoms with E-state index in [9.17, 15) is 4.39 Å². The lowest BCUT2D eigenvalue weighted by Crippen LogP contribution is -2.31. The molecular formula is C15H19FN. The minimum absolute atomic E-state index is 0.148. The van der Waals surface area contributed by atoms with Gasteiger partial charge in [0.05, 0.1) is 0 Å². The Hall–Kier alpha value is -1.15. The third kappa shape index (κ3) is 2.58. The Balaban J connectivity index is 2.22. The van der Waals surface area contributed by atoms with Crippen LogP contribution in [0.3, 0.4) is 0 Å². The summed E-state index contributed by atoms with van der Waals surface area (Å²) in [6.45, 7) is 6.76. The first-order valence-corrected chi connectivity index (χ1v) is 6.18. The van der Waals surface area contributed by atoms with Crippen molar-refractivity contribution < 1.29 is 4.39 Å². The largest absolute Gasteiger partial charge is 0.289 e. The van der Waals surface area contributed by atoms with Crippen molar-refractivity contribution in [3.05, 3.63) is 54.7 Å². The molecule has 1 aliphatic heterocycles. The van der Waals surface area contributed by atoms with E-state index in [4.69, 9.17) is 0 Å². The Bertz CT molecular complexity index is 388. The second kappa shape index (κ2) is 5.46. The second-order valence-corrected chi connectivity index (χ2v) is 4.53. The van der Waals surface area contributed by atoms with E-state index in [2.05, 4.69) is 24.8 Å². The maximum atomic E-state index is 13.3. The van der Waals surface area contributed by atoms with Gasteiger partial charge in [-0.05, 0) is 37.0 Å². The van der Waals surface area contributed by atoms with Crippen molar-refractivity contribution in [1.82, 2.24) is 4.90 Å². The Morgan fingerprint density at radius 2 is 2.29 bits per heavy atom. The summed E-state index contributed by atoms with van der Waals surface area (Å²) in [5.41, 5.74) is 1.08. The first kappa shape index (κ1) is 12.3. The van der Waals surface area contributed by atoms with Gasteiger partial charge in [0.2, 0.25) is 0 Å². The second-order valence-electron chi connectivity index (χ2n) is 4.53. The monoisotopic (exact) mass is 232 g/mol. The number of benzene rings is 1. The van der Waals surface area contributed by atoms with Gasteiger partial charge in [-0.3, -0.25) is 4.90 Å². The maximum Gasteiger partial charge on any atom is 0.123 e. The van der Waals surface area contributed by atoms with Crippen molar-refractivity contribution in [2.24, 2.45) is 0 Å². The van der Waals surface area contributed by atoms with Gasteiger partial charge in [-0.1, -0.05) is 25.1 Å². The fourth-order valence-electron chi connectivity index (χ4n) is 2.73. The molecule has 1 saturated heterocycles. The predicted octanol–water partition coefficient (Wildman–Crippen LogP) is 3.74. The van der Waals surface area contributed by atoms with E-state index in [0.29, 0.717) is 12.1 Å². The van der Waals surface area contributed by atoms with E-state index in [1.807, 2.05) is 12.1 Å². The summed E-state index contributed by atoms with van der Waals surface area (Å²) in [5, 5.41) is 0. The summed E-state index contributed by atoms with van der Waals surface area (Å²) in [7, 11) is 0. The topological polar surface area (TPSA) is 3.24 Å². The van der Waals surface area contributed by atoms with Crippen LogP contribution in [0.25, 0.3) is 0 Å². The fraction of sp³-hybridized carbons (Fsp3) is 0.400. The number of likely N-dealkylation sites (tertiary alicyclic amines) is 1. The van der Waals surface area contributed by atoms with Gasteiger partial charge in [0, 0.05) is 18.6 Å². The van der Waals surface area contributed by atoms with E-state index in [0.717, 1.165) is 24.9 Å². The van der Waals surface area contributed by atoms with Gasteiger partial charge in [0.1, 0.15) is 5.82 Å². The maximum absolute atomic E-state index is 13.3. The normalized spacial score (nSPS) is 25.1. The molecule has 17 heavy (non-hydrogen) atoms. The first-order valence-electron chi connectivity index (χ1n) is 6.18. The molecule has 0 saturated carbocycles. The standard InChI is InChI=1S/C15H19FN/c1-3-10-17-14(4-2)8-9-15(17)12-6-5-7-13(16)11-12/h3-7,11,14-15H,1,8-10H2,2H3/t14-,15+/m1/s1. The molecule has 1 heterocycles. The summed E-state index contributed by atoms with van der Waals surface area (Å²) in [4.78, 5) is 2.39. The van der Waals surface area contributed by atoms with Crippen LogP contribution < -0.4 is 0 Å². The van der Waals surface area contributed by atoms with Crippen molar-refractivity contribution in [1.29, 1.82) is 0 Å². The van der Waals surface area contributed by atoms with Gasteiger partial charge >= 0.3 is 0 Å². The van der Waals surface area contributed by atoms with E-state index in [1.165, 1.54) is 6.07 Å². The lowest BCUT2D eigenvalue weighted by molar-refractivity contribution is 0.236. The molecule has 1 aromatic carbocycles. The summed E-state index contributed by atoms with van der Waals surface area (Å²) in [5.74, 6) is -0.148. The SMILES string of the molecule is C=CCN1[C@H]([CH]C)CC[C@H]1c1cccc(F)c1. The third-order valence-electron chi connectivity index (χ3n) is 3.52. The van der Waals surface area contributed by atoms with E-state index >= 15 is 0 Å². The van der Waals surface area contributed by atoms with Crippen LogP contribution in [-0.4, -0.2) is 17.5 Å². The molecule has 2 atom stereocenters. The Labute approximate surface area is 103 Å². The highest BCUT2D eigenvalue weighted by molar-refractivity contribution is 5.22. The first-order chi connectivity index (χ1) is 8.26. The summed E-state index contributed by atoms with van der Waals surface area (Å²) in [6, 6.07) is 7.77. The number of hydrogen-bond acceptors (Lipinski definition) is 1. The highest BCUT2D eigenvalue weighted by atomic mass is 19.1. The van der Waals surface area contributed by atoms with Gasteiger partial charge in [-0.2, -0.15) is 0 Å². The molecule has 1 radical (unpaired) electrons. The van der Waals surface area contributed by atoms with Crippen molar-refractivity contribution in [3.63, 3.8) is 0 Å². The lowest BCUT2D eigenvalue weighted by Gasteiger charge is -2.28. The highest BCUT2D eigenvalue weighted by Gasteiger charge is 2.32. The summed E-state index contributed by atoms with van der Waals surface area (Å²) < 4.78 is 13.3. The van der Waals surface area contributed by atoms with Crippen molar-refractivity contribution in [3.8, 4) is 0 Å². The zero-order valence-corrected chi connectivity index (χ0v) is 10.3. The molecule has 2 heteroatoms. The molecular weight excluding hydrogens is 213 g/mol. The molecule has 0 N–H and O–H groups in total. The summed E-state index contributed by atoms with van der Waals surface area (Å²) in [6.07, 6.45) is 6.38. The predicted molar refractivity (Wildman–Crippen MR) is 69.0 cm³/mol. The average molecular weight is 232 g/mol. The minimum Gasteiger partial charge on any atom is -0.289 e. The van der Waals surface area contributed by atoms with E-state index in [-0.39, 0.29) is 5.82 Å². The van der Waals surface area contributed by atoms with Gasteiger partial charge in [0.15, 0.2) is 0 Å². The molecule has 1 nitrogen and oxygen atoms in total. The van der Waals surface area contributed by atoms with Crippen molar-refractivity contribution in [2.45, 2.75) is 31.8 Å². The molecule has 0 bridgehead atoms. The van der Waals surface area contributed by atoms with Gasteiger partial charge in [-0.15, -0.1) is 6.58 Å². The van der Waals surface area contributed by atoms with Crippen LogP contribution in [0.5, 0.6) is 0 Å². The minimum atomic E-state index is -0.148. The molecule has 91 valence electrons.